The van der Waals surface area contributed by atoms with Crippen molar-refractivity contribution in [3.63, 3.8) is 0 Å². The van der Waals surface area contributed by atoms with Crippen molar-refractivity contribution in [2.75, 3.05) is 40.3 Å². The Hall–Kier alpha value is -4.41. The lowest BCUT2D eigenvalue weighted by Crippen LogP contribution is -2.68. The van der Waals surface area contributed by atoms with Crippen LogP contribution in [-0.4, -0.2) is 327 Å². The fraction of sp³-hybridized carbons (Fsp3) is 0.571. The third-order valence-corrected chi connectivity index (χ3v) is 33.7. The molecule has 0 aromatic heterocycles. The number of aliphatic hydroxyl groups is 14. The summed E-state index contributed by atoms with van der Waals surface area (Å²) >= 11 is 9.27. The third-order valence-electron chi connectivity index (χ3n) is 26.0. The van der Waals surface area contributed by atoms with Gasteiger partial charge in [0.1, 0.15) is 128 Å². The van der Waals surface area contributed by atoms with Crippen LogP contribution in [0.4, 0.5) is 0 Å². The topological polar surface area (TPSA) is 595 Å². The zero-order chi connectivity index (χ0) is 98.8. The van der Waals surface area contributed by atoms with Crippen LogP contribution in [-0.2, 0) is 152 Å². The van der Waals surface area contributed by atoms with Crippen LogP contribution in [0.2, 0.25) is 0 Å². The number of benzene rings is 7. The molecule has 28 N–H and O–H groups in total. The molecule has 0 unspecified atom stereocenters. The molecular weight excluding hydrogens is 1950 g/mol. The third kappa shape index (κ3) is 28.0. The molecule has 35 atom stereocenters. The van der Waals surface area contributed by atoms with Crippen LogP contribution in [0.3, 0.4) is 0 Å². The maximum atomic E-state index is 12.9. The summed E-state index contributed by atoms with van der Waals surface area (Å²) in [7, 11) is 0. The van der Waals surface area contributed by atoms with Gasteiger partial charge in [-0.2, -0.15) is 82.3 Å². The number of rotatable bonds is 35. The van der Waals surface area contributed by atoms with Crippen LogP contribution < -0.4 is 40.1 Å². The number of hydrogen-bond acceptors (Lipinski definition) is 42. The smallest absolute Gasteiger partial charge is 0.187 e. The van der Waals surface area contributed by atoms with Crippen molar-refractivity contribution in [2.24, 2.45) is 40.1 Å². The van der Waals surface area contributed by atoms with Crippen molar-refractivity contribution >= 4 is 82.3 Å². The Bertz CT molecular complexity index is 4150. The van der Waals surface area contributed by atoms with E-state index < -0.39 is 215 Å². The Kier molecular flexibility index (Phi) is 41.7. The normalized spacial score (nSPS) is 35.6. The van der Waals surface area contributed by atoms with E-state index in [1.807, 2.05) is 170 Å². The van der Waals surface area contributed by atoms with Crippen LogP contribution in [0.25, 0.3) is 0 Å². The first-order chi connectivity index (χ1) is 67.8. The molecule has 7 aromatic carbocycles. The molecule has 0 saturated carbocycles. The molecule has 21 heterocycles. The van der Waals surface area contributed by atoms with E-state index in [-0.39, 0.29) is 86.1 Å². The molecule has 140 heavy (non-hydrogen) atoms. The average molecular weight is 2080 g/mol. The highest BCUT2D eigenvalue weighted by atomic mass is 32.2. The van der Waals surface area contributed by atoms with E-state index in [0.717, 1.165) is 77.9 Å². The molecule has 21 fully saturated rings. The standard InChI is InChI=1S/C98H133N7O28S7/c99-29-50-8-1-15-57(22-50)36-134-43-64-85-71(106)78(113)92(120-64)128-86-65(44-135-37-58-16-2-9-51(23-58)30-100)122-94(80(115)73(86)108)130-88-67(46-137-39-60-18-4-11-53(25-60)32-102)124-96(82(117)75(88)110)132-90-69(48-139-41-62-20-6-13-55(27-62)34-104)126-98(84(119)77(90)112)133-91-70(49-140-42-63-21-7-14-56(28-63)35-105)125-97(83(118)76(91)111)131-89-68(47-138-40-61-19-5-12-54(26-61)33-103)123-95(81(116)74(89)109)129-87-66(121-93(127-85)79(114)72(87)107)45-136-38-59-17-3-10-52(24-59)31-101/h1-28,64-98,106-119H,29-49,99-105H2/t64-,65-,66-,67-,68-,69-,70-,71-,72-,73-,74-,75-,76-,77-,78-,79-,80-,81-,82-,83-,84-,85-,86-,87-,88-,89-,90-,91-,92+,93+,94+,95+,96+,97+,98+/m1/s1. The SMILES string of the molecule is NCc1cccc(CSC[C@H]2O[C@H]3O[C@H]4[C@H](O)[C@@H](O)[C@H](O[C@H]5[C@H](O)[C@@H](O)[C@H](O[C@H]6[C@H](O)[C@@H](O)[C@H](O[C@H]7[C@H](O)[C@@H](O)[C@H](O[C@H]8[C@H](O)[C@@H](O)[C@H](O[C@H]9[C@H](O)[C@@H](O)[C@H](O[C@H]2[C@H](O)[C@H]3O)O[C@@H]9CSCc2cccc(CN)c2)O[C@@H]8CSCc2cccc(CN)c2)O[C@@H]7CSCc2cccc(CN)c2)O[C@@H]6CSCc2cccc(CN)c2)O[C@@H]5CSCc2cccc(CN)c2)O[C@@H]4CSCc2cccc(CN)c2)c1. The van der Waals surface area contributed by atoms with Gasteiger partial charge in [-0.3, -0.25) is 0 Å². The minimum absolute atomic E-state index is 0.0514. The molecule has 0 aliphatic carbocycles. The molecule has 21 aliphatic rings. The minimum atomic E-state index is -2.09. The van der Waals surface area contributed by atoms with E-state index in [2.05, 4.69) is 0 Å². The maximum Gasteiger partial charge on any atom is 0.187 e. The Morgan fingerprint density at radius 1 is 0.164 bits per heavy atom. The van der Waals surface area contributed by atoms with Crippen molar-refractivity contribution in [3.05, 3.63) is 248 Å². The summed E-state index contributed by atoms with van der Waals surface area (Å²) in [6.07, 6.45) is -62.9. The molecule has 770 valence electrons. The van der Waals surface area contributed by atoms with Gasteiger partial charge >= 0.3 is 0 Å². The zero-order valence-electron chi connectivity index (χ0n) is 77.1. The van der Waals surface area contributed by atoms with Gasteiger partial charge in [0.05, 0.1) is 42.7 Å². The summed E-state index contributed by atoms with van der Waals surface area (Å²) in [6.45, 7) is 1.71. The fourth-order valence-electron chi connectivity index (χ4n) is 18.3. The van der Waals surface area contributed by atoms with Gasteiger partial charge in [-0.05, 0) is 77.9 Å². The van der Waals surface area contributed by atoms with Gasteiger partial charge in [0, 0.05) is 126 Å². The zero-order valence-corrected chi connectivity index (χ0v) is 82.8. The average Bonchev–Trinajstić information content (AvgIpc) is 0.790. The monoisotopic (exact) mass is 2080 g/mol. The quantitative estimate of drug-likeness (QED) is 0.0268. The molecule has 0 spiro atoms. The van der Waals surface area contributed by atoms with E-state index in [9.17, 15) is 71.5 Å². The van der Waals surface area contributed by atoms with Gasteiger partial charge in [0.15, 0.2) is 44.0 Å². The van der Waals surface area contributed by atoms with Crippen molar-refractivity contribution in [1.82, 2.24) is 0 Å². The summed E-state index contributed by atoms with van der Waals surface area (Å²) in [5.41, 5.74) is 54.7. The fourth-order valence-corrected chi connectivity index (χ4v) is 25.5. The molecule has 35 nitrogen and oxygen atoms in total. The first-order valence-electron chi connectivity index (χ1n) is 47.0. The number of aliphatic hydroxyl groups excluding tert-OH is 14. The Morgan fingerprint density at radius 2 is 0.279 bits per heavy atom. The summed E-state index contributed by atoms with van der Waals surface area (Å²) in [5, 5.41) is 179. The van der Waals surface area contributed by atoms with Crippen molar-refractivity contribution in [1.29, 1.82) is 0 Å². The molecule has 42 heteroatoms. The van der Waals surface area contributed by atoms with Gasteiger partial charge in [-0.15, -0.1) is 0 Å². The Morgan fingerprint density at radius 3 is 0.393 bits per heavy atom. The van der Waals surface area contributed by atoms with Gasteiger partial charge in [0.25, 0.3) is 0 Å². The van der Waals surface area contributed by atoms with Gasteiger partial charge in [-0.25, -0.2) is 0 Å². The van der Waals surface area contributed by atoms with Gasteiger partial charge in [0.2, 0.25) is 0 Å². The molecular formula is C98H133N7O28S7. The van der Waals surface area contributed by atoms with E-state index in [0.29, 0.717) is 40.3 Å². The van der Waals surface area contributed by atoms with Crippen LogP contribution >= 0.6 is 82.3 Å². The predicted octanol–water partition coefficient (Wildman–Crippen LogP) is 1.57. The highest BCUT2D eigenvalue weighted by molar-refractivity contribution is 7.99. The first kappa shape index (κ1) is 110. The maximum absolute atomic E-state index is 12.9. The van der Waals surface area contributed by atoms with Crippen LogP contribution in [0.1, 0.15) is 77.9 Å². The number of thioether (sulfide) groups is 7. The van der Waals surface area contributed by atoms with Crippen LogP contribution in [0.15, 0.2) is 170 Å². The van der Waals surface area contributed by atoms with Gasteiger partial charge < -0.3 is 178 Å². The van der Waals surface area contributed by atoms with Crippen LogP contribution in [0.5, 0.6) is 0 Å². The summed E-state index contributed by atoms with van der Waals surface area (Å²) in [6, 6.07) is 52.9. The second kappa shape index (κ2) is 53.1. The predicted molar refractivity (Wildman–Crippen MR) is 532 cm³/mol. The second-order valence-corrected chi connectivity index (χ2v) is 43.4. The summed E-state index contributed by atoms with van der Waals surface area (Å²) < 4.78 is 94.6. The first-order valence-corrected chi connectivity index (χ1v) is 55.1. The lowest BCUT2D eigenvalue weighted by atomic mass is 9.95. The lowest BCUT2D eigenvalue weighted by molar-refractivity contribution is -0.389. The number of ether oxygens (including phenoxy) is 14. The highest BCUT2D eigenvalue weighted by Crippen LogP contribution is 2.44. The lowest BCUT2D eigenvalue weighted by Gasteiger charge is -2.50. The molecule has 21 aliphatic heterocycles. The van der Waals surface area contributed by atoms with E-state index in [1.54, 1.807) is 0 Å². The van der Waals surface area contributed by atoms with E-state index in [1.165, 1.54) is 82.3 Å². The van der Waals surface area contributed by atoms with Crippen LogP contribution in [0, 0.1) is 0 Å². The summed E-state index contributed by atoms with van der Waals surface area (Å²) in [4.78, 5) is 0. The molecule has 0 radical (unpaired) electrons. The van der Waals surface area contributed by atoms with Gasteiger partial charge in [-0.1, -0.05) is 170 Å². The largest absolute Gasteiger partial charge is 0.387 e. The number of hydrogen-bond donors (Lipinski definition) is 21. The second-order valence-electron chi connectivity index (χ2n) is 36.1. The molecule has 7 aromatic rings. The molecule has 21 saturated heterocycles. The Labute approximate surface area is 843 Å². The number of nitrogens with two attached hydrogens (primary N) is 7. The molecule has 28 rings (SSSR count). The summed E-state index contributed by atoms with van der Waals surface area (Å²) in [5.74, 6) is 1.96. The molecule has 14 bridgehead atoms. The van der Waals surface area contributed by atoms with E-state index in [4.69, 9.17) is 106 Å². The van der Waals surface area contributed by atoms with Crippen molar-refractivity contribution < 1.29 is 138 Å². The highest BCUT2D eigenvalue weighted by Gasteiger charge is 2.60. The Balaban J connectivity index is 0.810. The molecule has 0 amide bonds. The minimum Gasteiger partial charge on any atom is -0.387 e. The van der Waals surface area contributed by atoms with Crippen molar-refractivity contribution in [2.45, 2.75) is 301 Å². The van der Waals surface area contributed by atoms with E-state index >= 15 is 0 Å². The van der Waals surface area contributed by atoms with Crippen molar-refractivity contribution in [3.8, 4) is 0 Å².